The summed E-state index contributed by atoms with van der Waals surface area (Å²) in [6.45, 7) is 1.79. The number of H-pyrrole nitrogens is 1. The zero-order valence-corrected chi connectivity index (χ0v) is 15.6. The van der Waals surface area contributed by atoms with Gasteiger partial charge in [-0.25, -0.2) is 9.37 Å². The van der Waals surface area contributed by atoms with Crippen LogP contribution in [0.5, 0.6) is 11.5 Å². The zero-order chi connectivity index (χ0) is 20.5. The molecular weight excluding hydrogens is 377 g/mol. The third-order valence-corrected chi connectivity index (χ3v) is 4.38. The topological polar surface area (TPSA) is 102 Å². The van der Waals surface area contributed by atoms with E-state index in [1.54, 1.807) is 32.3 Å². The first-order chi connectivity index (χ1) is 13.9. The first kappa shape index (κ1) is 18.4. The Kier molecular flexibility index (Phi) is 4.55. The van der Waals surface area contributed by atoms with Gasteiger partial charge >= 0.3 is 0 Å². The number of nitrogens with zero attached hydrogens (tertiary/aromatic N) is 3. The number of fused-ring (bicyclic) bond motifs is 1. The summed E-state index contributed by atoms with van der Waals surface area (Å²) in [4.78, 5) is 28.5. The highest BCUT2D eigenvalue weighted by Gasteiger charge is 2.15. The average molecular weight is 393 g/mol. The van der Waals surface area contributed by atoms with E-state index in [-0.39, 0.29) is 17.0 Å². The highest BCUT2D eigenvalue weighted by molar-refractivity contribution is 6.04. The fourth-order valence-electron chi connectivity index (χ4n) is 2.90. The molecule has 0 fully saturated rings. The lowest BCUT2D eigenvalue weighted by atomic mass is 10.2. The van der Waals surface area contributed by atoms with Crippen LogP contribution >= 0.6 is 0 Å². The maximum Gasteiger partial charge on any atom is 0.263 e. The van der Waals surface area contributed by atoms with Crippen molar-refractivity contribution in [2.45, 2.75) is 6.92 Å². The molecule has 0 saturated heterocycles. The molecule has 0 radical (unpaired) electrons. The van der Waals surface area contributed by atoms with E-state index in [0.29, 0.717) is 22.5 Å². The molecule has 0 spiro atoms. The first-order valence-electron chi connectivity index (χ1n) is 8.68. The summed E-state index contributed by atoms with van der Waals surface area (Å²) in [7, 11) is 1.54. The van der Waals surface area contributed by atoms with Gasteiger partial charge in [0.25, 0.3) is 11.5 Å². The first-order valence-corrected chi connectivity index (χ1v) is 8.68. The molecule has 0 aliphatic carbocycles. The van der Waals surface area contributed by atoms with E-state index in [1.807, 2.05) is 0 Å². The predicted molar refractivity (Wildman–Crippen MR) is 105 cm³/mol. The molecule has 0 aliphatic rings. The van der Waals surface area contributed by atoms with E-state index in [4.69, 9.17) is 4.74 Å². The summed E-state index contributed by atoms with van der Waals surface area (Å²) < 4.78 is 21.6. The van der Waals surface area contributed by atoms with Crippen molar-refractivity contribution in [2.24, 2.45) is 7.05 Å². The number of aromatic nitrogens is 4. The van der Waals surface area contributed by atoms with E-state index in [9.17, 15) is 14.0 Å². The number of aryl methyl sites for hydroxylation is 2. The molecule has 4 rings (SSSR count). The Labute approximate surface area is 164 Å². The normalized spacial score (nSPS) is 10.9. The van der Waals surface area contributed by atoms with E-state index in [0.717, 1.165) is 6.07 Å². The SMILES string of the molecule is Cc1n[nH]c2nccc(Oc3ccc(NC(=O)c4cccn(C)c4=O)cc3F)c12. The second kappa shape index (κ2) is 7.19. The Hall–Kier alpha value is -4.01. The van der Waals surface area contributed by atoms with Crippen molar-refractivity contribution in [3.05, 3.63) is 76.2 Å². The molecule has 8 nitrogen and oxygen atoms in total. The van der Waals surface area contributed by atoms with Gasteiger partial charge in [0, 0.05) is 31.2 Å². The third kappa shape index (κ3) is 3.45. The minimum atomic E-state index is -0.671. The molecule has 0 unspecified atom stereocenters. The number of carbonyl (C=O) groups excluding carboxylic acids is 1. The predicted octanol–water partition coefficient (Wildman–Crippen LogP) is 3.15. The average Bonchev–Trinajstić information content (AvgIpc) is 3.08. The van der Waals surface area contributed by atoms with Crippen LogP contribution in [-0.2, 0) is 7.05 Å². The van der Waals surface area contributed by atoms with Crippen molar-refractivity contribution < 1.29 is 13.9 Å². The number of ether oxygens (including phenoxy) is 1. The quantitative estimate of drug-likeness (QED) is 0.555. The summed E-state index contributed by atoms with van der Waals surface area (Å²) in [5.74, 6) is -0.907. The fraction of sp³-hybridized carbons (Fsp3) is 0.100. The Bertz CT molecular complexity index is 1300. The molecular formula is C20H16FN5O3. The number of pyridine rings is 2. The molecule has 0 bridgehead atoms. The van der Waals surface area contributed by atoms with Gasteiger partial charge in [-0.1, -0.05) is 0 Å². The molecule has 3 heterocycles. The second-order valence-electron chi connectivity index (χ2n) is 6.38. The third-order valence-electron chi connectivity index (χ3n) is 4.38. The van der Waals surface area contributed by atoms with Crippen molar-refractivity contribution in [2.75, 3.05) is 5.32 Å². The van der Waals surface area contributed by atoms with Gasteiger partial charge in [0.15, 0.2) is 17.2 Å². The van der Waals surface area contributed by atoms with E-state index in [2.05, 4.69) is 20.5 Å². The molecule has 2 N–H and O–H groups in total. The van der Waals surface area contributed by atoms with Gasteiger partial charge in [-0.3, -0.25) is 14.7 Å². The second-order valence-corrected chi connectivity index (χ2v) is 6.38. The fourth-order valence-corrected chi connectivity index (χ4v) is 2.90. The smallest absolute Gasteiger partial charge is 0.263 e. The number of benzene rings is 1. The number of rotatable bonds is 4. The van der Waals surface area contributed by atoms with Crippen molar-refractivity contribution in [3.8, 4) is 11.5 Å². The molecule has 0 atom stereocenters. The number of aromatic amines is 1. The maximum absolute atomic E-state index is 14.6. The highest BCUT2D eigenvalue weighted by Crippen LogP contribution is 2.32. The Balaban J connectivity index is 1.58. The van der Waals surface area contributed by atoms with Gasteiger partial charge in [0.1, 0.15) is 11.3 Å². The number of halogens is 1. The molecule has 4 aromatic rings. The number of amides is 1. The summed E-state index contributed by atoms with van der Waals surface area (Å²) in [6.07, 6.45) is 3.07. The summed E-state index contributed by atoms with van der Waals surface area (Å²) >= 11 is 0. The number of hydrogen-bond donors (Lipinski definition) is 2. The maximum atomic E-state index is 14.6. The number of anilines is 1. The van der Waals surface area contributed by atoms with Crippen LogP contribution in [0.2, 0.25) is 0 Å². The van der Waals surface area contributed by atoms with Gasteiger partial charge < -0.3 is 14.6 Å². The van der Waals surface area contributed by atoms with Gasteiger partial charge in [-0.15, -0.1) is 0 Å². The minimum absolute atomic E-state index is 0.0216. The molecule has 0 aliphatic heterocycles. The Morgan fingerprint density at radius 3 is 2.86 bits per heavy atom. The lowest BCUT2D eigenvalue weighted by Gasteiger charge is -2.10. The lowest BCUT2D eigenvalue weighted by Crippen LogP contribution is -2.27. The van der Waals surface area contributed by atoms with Crippen LogP contribution in [0.1, 0.15) is 16.1 Å². The minimum Gasteiger partial charge on any atom is -0.453 e. The highest BCUT2D eigenvalue weighted by atomic mass is 19.1. The van der Waals surface area contributed by atoms with Crippen LogP contribution in [0, 0.1) is 12.7 Å². The van der Waals surface area contributed by atoms with E-state index < -0.39 is 17.3 Å². The van der Waals surface area contributed by atoms with E-state index in [1.165, 1.54) is 29.0 Å². The molecule has 3 aromatic heterocycles. The van der Waals surface area contributed by atoms with Crippen molar-refractivity contribution in [3.63, 3.8) is 0 Å². The largest absolute Gasteiger partial charge is 0.453 e. The van der Waals surface area contributed by atoms with Crippen molar-refractivity contribution in [1.82, 2.24) is 19.7 Å². The molecule has 0 saturated carbocycles. The van der Waals surface area contributed by atoms with Crippen molar-refractivity contribution >= 4 is 22.6 Å². The van der Waals surface area contributed by atoms with Crippen LogP contribution in [0.15, 0.2) is 53.6 Å². The molecule has 29 heavy (non-hydrogen) atoms. The monoisotopic (exact) mass is 393 g/mol. The van der Waals surface area contributed by atoms with Gasteiger partial charge in [-0.05, 0) is 37.3 Å². The Morgan fingerprint density at radius 1 is 1.24 bits per heavy atom. The van der Waals surface area contributed by atoms with Crippen LogP contribution in [0.25, 0.3) is 11.0 Å². The Morgan fingerprint density at radius 2 is 2.07 bits per heavy atom. The van der Waals surface area contributed by atoms with Crippen LogP contribution in [0.3, 0.4) is 0 Å². The summed E-state index contributed by atoms with van der Waals surface area (Å²) in [5, 5.41) is 10.0. The molecule has 9 heteroatoms. The summed E-state index contributed by atoms with van der Waals surface area (Å²) in [5.41, 5.74) is 0.934. The van der Waals surface area contributed by atoms with Crippen molar-refractivity contribution in [1.29, 1.82) is 0 Å². The number of hydrogen-bond acceptors (Lipinski definition) is 5. The van der Waals surface area contributed by atoms with Gasteiger partial charge in [0.2, 0.25) is 0 Å². The lowest BCUT2D eigenvalue weighted by molar-refractivity contribution is 0.102. The number of nitrogens with one attached hydrogen (secondary N) is 2. The molecule has 1 amide bonds. The molecule has 1 aromatic carbocycles. The van der Waals surface area contributed by atoms with Crippen LogP contribution in [0.4, 0.5) is 10.1 Å². The van der Waals surface area contributed by atoms with Crippen LogP contribution in [-0.4, -0.2) is 25.7 Å². The zero-order valence-electron chi connectivity index (χ0n) is 15.6. The number of carbonyl (C=O) groups is 1. The standard InChI is InChI=1S/C20H16FN5O3/c1-11-17-16(7-8-22-18(17)25-24-11)29-15-6-5-12(10-14(15)21)23-19(27)13-4-3-9-26(2)20(13)28/h3-10H,1-2H3,(H,23,27)(H,22,24,25). The summed E-state index contributed by atoms with van der Waals surface area (Å²) in [6, 6.07) is 8.63. The molecule has 146 valence electrons. The van der Waals surface area contributed by atoms with Gasteiger partial charge in [0.05, 0.1) is 11.1 Å². The van der Waals surface area contributed by atoms with E-state index >= 15 is 0 Å². The van der Waals surface area contributed by atoms with Crippen LogP contribution < -0.4 is 15.6 Å². The van der Waals surface area contributed by atoms with Gasteiger partial charge in [-0.2, -0.15) is 5.10 Å².